The third-order valence-electron chi connectivity index (χ3n) is 6.47. The standard InChI is InChI=1S/C19H30N4O/c1-12(2)8-13-9-15(22(4)21-13)18(24)23-11-14-10-19(3)16(20-14)6-5-7-17(19)23/h9,12,14,16-17,20H,5-8,10-11H2,1-4H3/t14-,16-,17+,19-/m0/s1. The summed E-state index contributed by atoms with van der Waals surface area (Å²) in [6, 6.07) is 3.43. The summed E-state index contributed by atoms with van der Waals surface area (Å²) in [4.78, 5) is 15.5. The summed E-state index contributed by atoms with van der Waals surface area (Å²) in [6.45, 7) is 7.61. The normalized spacial score (nSPS) is 34.9. The molecule has 2 bridgehead atoms. The zero-order chi connectivity index (χ0) is 17.1. The molecule has 4 atom stereocenters. The van der Waals surface area contributed by atoms with Crippen LogP contribution < -0.4 is 5.32 Å². The quantitative estimate of drug-likeness (QED) is 0.926. The minimum atomic E-state index is 0.172. The number of hydrogen-bond acceptors (Lipinski definition) is 3. The number of amides is 1. The number of carbonyl (C=O) groups is 1. The Bertz CT molecular complexity index is 652. The highest BCUT2D eigenvalue weighted by atomic mass is 16.2. The van der Waals surface area contributed by atoms with Crippen LogP contribution in [-0.4, -0.2) is 45.3 Å². The minimum absolute atomic E-state index is 0.172. The number of piperidine rings is 1. The van der Waals surface area contributed by atoms with E-state index in [1.807, 2.05) is 13.1 Å². The van der Waals surface area contributed by atoms with E-state index in [2.05, 4.69) is 36.1 Å². The van der Waals surface area contributed by atoms with Gasteiger partial charge in [0, 0.05) is 37.1 Å². The Hall–Kier alpha value is -1.36. The molecule has 1 N–H and O–H groups in total. The highest BCUT2D eigenvalue weighted by molar-refractivity contribution is 5.93. The largest absolute Gasteiger partial charge is 0.332 e. The zero-order valence-corrected chi connectivity index (χ0v) is 15.4. The summed E-state index contributed by atoms with van der Waals surface area (Å²) in [5, 5.41) is 8.36. The lowest BCUT2D eigenvalue weighted by Crippen LogP contribution is -2.57. The predicted octanol–water partition coefficient (Wildman–Crippen LogP) is 2.36. The van der Waals surface area contributed by atoms with Crippen LogP contribution in [0, 0.1) is 11.3 Å². The van der Waals surface area contributed by atoms with Gasteiger partial charge in [-0.05, 0) is 44.1 Å². The number of aromatic nitrogens is 2. The molecule has 5 nitrogen and oxygen atoms in total. The maximum atomic E-state index is 13.3. The molecule has 2 aliphatic heterocycles. The molecule has 3 aliphatic rings. The van der Waals surface area contributed by atoms with E-state index in [4.69, 9.17) is 0 Å². The predicted molar refractivity (Wildman–Crippen MR) is 93.9 cm³/mol. The highest BCUT2D eigenvalue weighted by Gasteiger charge is 2.57. The summed E-state index contributed by atoms with van der Waals surface area (Å²) in [6.07, 6.45) is 5.77. The van der Waals surface area contributed by atoms with Crippen LogP contribution in [0.4, 0.5) is 0 Å². The summed E-state index contributed by atoms with van der Waals surface area (Å²) in [5.74, 6) is 0.723. The SMILES string of the molecule is CC(C)Cc1cc(C(=O)N2C[C@@H]3C[C@@]4(C)[C@H](CCC[C@@H]24)N3)n(C)n1. The van der Waals surface area contributed by atoms with Crippen molar-refractivity contribution in [3.63, 3.8) is 0 Å². The molecule has 0 spiro atoms. The van der Waals surface area contributed by atoms with E-state index in [9.17, 15) is 4.79 Å². The molecule has 0 radical (unpaired) electrons. The molecule has 5 heteroatoms. The lowest BCUT2D eigenvalue weighted by atomic mass is 9.66. The summed E-state index contributed by atoms with van der Waals surface area (Å²) >= 11 is 0. The van der Waals surface area contributed by atoms with Crippen LogP contribution in [-0.2, 0) is 13.5 Å². The lowest BCUT2D eigenvalue weighted by molar-refractivity contribution is 0.0123. The fraction of sp³-hybridized carbons (Fsp3) is 0.789. The lowest BCUT2D eigenvalue weighted by Gasteiger charge is -2.50. The van der Waals surface area contributed by atoms with Crippen molar-refractivity contribution in [2.24, 2.45) is 18.4 Å². The summed E-state index contributed by atoms with van der Waals surface area (Å²) in [7, 11) is 1.90. The molecule has 24 heavy (non-hydrogen) atoms. The average molecular weight is 330 g/mol. The van der Waals surface area contributed by atoms with Crippen molar-refractivity contribution in [2.75, 3.05) is 6.54 Å². The maximum Gasteiger partial charge on any atom is 0.272 e. The van der Waals surface area contributed by atoms with Gasteiger partial charge in [-0.15, -0.1) is 0 Å². The number of hydrogen-bond donors (Lipinski definition) is 1. The molecule has 132 valence electrons. The number of fused-ring (bicyclic) bond motifs is 1. The number of likely N-dealkylation sites (tertiary alicyclic amines) is 1. The van der Waals surface area contributed by atoms with Crippen LogP contribution in [0.25, 0.3) is 0 Å². The number of nitrogens with zero attached hydrogens (tertiary/aromatic N) is 3. The van der Waals surface area contributed by atoms with Crippen molar-refractivity contribution < 1.29 is 4.79 Å². The minimum Gasteiger partial charge on any atom is -0.332 e. The van der Waals surface area contributed by atoms with Crippen LogP contribution >= 0.6 is 0 Å². The number of nitrogens with one attached hydrogen (secondary N) is 1. The highest BCUT2D eigenvalue weighted by Crippen LogP contribution is 2.50. The fourth-order valence-corrected chi connectivity index (χ4v) is 5.44. The van der Waals surface area contributed by atoms with E-state index in [1.165, 1.54) is 19.3 Å². The molecule has 1 amide bonds. The van der Waals surface area contributed by atoms with Gasteiger partial charge in [0.25, 0.3) is 5.91 Å². The van der Waals surface area contributed by atoms with Gasteiger partial charge in [-0.1, -0.05) is 20.8 Å². The van der Waals surface area contributed by atoms with E-state index < -0.39 is 0 Å². The van der Waals surface area contributed by atoms with Crippen molar-refractivity contribution in [1.82, 2.24) is 20.0 Å². The first kappa shape index (κ1) is 16.1. The number of rotatable bonds is 3. The van der Waals surface area contributed by atoms with E-state index >= 15 is 0 Å². The van der Waals surface area contributed by atoms with Gasteiger partial charge in [-0.25, -0.2) is 0 Å². The molecule has 1 saturated carbocycles. The van der Waals surface area contributed by atoms with Crippen molar-refractivity contribution in [2.45, 2.75) is 71.0 Å². The molecule has 1 aliphatic carbocycles. The number of carbonyl (C=O) groups excluding carboxylic acids is 1. The molecule has 2 saturated heterocycles. The van der Waals surface area contributed by atoms with E-state index in [1.54, 1.807) is 4.68 Å². The van der Waals surface area contributed by atoms with Gasteiger partial charge in [-0.3, -0.25) is 9.48 Å². The molecule has 3 heterocycles. The third-order valence-corrected chi connectivity index (χ3v) is 6.47. The van der Waals surface area contributed by atoms with Gasteiger partial charge >= 0.3 is 0 Å². The smallest absolute Gasteiger partial charge is 0.272 e. The van der Waals surface area contributed by atoms with E-state index in [0.29, 0.717) is 24.0 Å². The van der Waals surface area contributed by atoms with Crippen LogP contribution in [0.1, 0.15) is 62.6 Å². The van der Waals surface area contributed by atoms with Crippen LogP contribution in [0.5, 0.6) is 0 Å². The molecule has 4 rings (SSSR count). The third kappa shape index (κ3) is 2.40. The monoisotopic (exact) mass is 330 g/mol. The van der Waals surface area contributed by atoms with Crippen molar-refractivity contribution in [3.8, 4) is 0 Å². The van der Waals surface area contributed by atoms with Crippen molar-refractivity contribution >= 4 is 5.91 Å². The second kappa shape index (κ2) is 5.58. The Balaban J connectivity index is 1.62. The molecule has 1 aromatic heterocycles. The second-order valence-electron chi connectivity index (χ2n) is 8.77. The van der Waals surface area contributed by atoms with Crippen molar-refractivity contribution in [3.05, 3.63) is 17.5 Å². The zero-order valence-electron chi connectivity index (χ0n) is 15.4. The molecule has 0 aromatic carbocycles. The molecule has 1 aromatic rings. The van der Waals surface area contributed by atoms with Gasteiger partial charge in [-0.2, -0.15) is 5.10 Å². The average Bonchev–Trinajstić information content (AvgIpc) is 3.02. The summed E-state index contributed by atoms with van der Waals surface area (Å²) < 4.78 is 1.78. The van der Waals surface area contributed by atoms with Gasteiger partial charge < -0.3 is 10.2 Å². The first-order chi connectivity index (χ1) is 11.4. The van der Waals surface area contributed by atoms with Crippen LogP contribution in [0.15, 0.2) is 6.07 Å². The molecular formula is C19H30N4O. The molecule has 3 fully saturated rings. The van der Waals surface area contributed by atoms with E-state index in [-0.39, 0.29) is 11.3 Å². The van der Waals surface area contributed by atoms with Crippen molar-refractivity contribution in [1.29, 1.82) is 0 Å². The van der Waals surface area contributed by atoms with Gasteiger partial charge in [0.1, 0.15) is 5.69 Å². The Morgan fingerprint density at radius 2 is 2.25 bits per heavy atom. The Morgan fingerprint density at radius 3 is 3.00 bits per heavy atom. The van der Waals surface area contributed by atoms with Crippen LogP contribution in [0.2, 0.25) is 0 Å². The van der Waals surface area contributed by atoms with Gasteiger partial charge in [0.15, 0.2) is 0 Å². The van der Waals surface area contributed by atoms with Gasteiger partial charge in [0.05, 0.1) is 5.69 Å². The van der Waals surface area contributed by atoms with Gasteiger partial charge in [0.2, 0.25) is 0 Å². The summed E-state index contributed by atoms with van der Waals surface area (Å²) in [5.41, 5.74) is 2.02. The van der Waals surface area contributed by atoms with Crippen LogP contribution in [0.3, 0.4) is 0 Å². The number of aryl methyl sites for hydroxylation is 1. The second-order valence-corrected chi connectivity index (χ2v) is 8.77. The van der Waals surface area contributed by atoms with E-state index in [0.717, 1.165) is 30.8 Å². The fourth-order valence-electron chi connectivity index (χ4n) is 5.44. The Kier molecular flexibility index (Phi) is 3.75. The molecular weight excluding hydrogens is 300 g/mol. The first-order valence-electron chi connectivity index (χ1n) is 9.48. The Labute approximate surface area is 144 Å². The first-order valence-corrected chi connectivity index (χ1v) is 9.48. The topological polar surface area (TPSA) is 50.2 Å². The molecule has 0 unspecified atom stereocenters. The maximum absolute atomic E-state index is 13.3. The Morgan fingerprint density at radius 1 is 1.46 bits per heavy atom.